The maximum atomic E-state index is 9.14. The molecule has 0 spiro atoms. The van der Waals surface area contributed by atoms with Crippen LogP contribution in [0.1, 0.15) is 12.0 Å². The molecule has 1 heterocycles. The quantitative estimate of drug-likeness (QED) is 0.745. The van der Waals surface area contributed by atoms with Crippen molar-refractivity contribution in [2.24, 2.45) is 0 Å². The van der Waals surface area contributed by atoms with Crippen LogP contribution in [0.4, 0.5) is 0 Å². The molecule has 2 rings (SSSR count). The van der Waals surface area contributed by atoms with Crippen LogP contribution in [0.5, 0.6) is 5.75 Å². The van der Waals surface area contributed by atoms with Crippen LogP contribution in [0.2, 0.25) is 0 Å². The number of nitrogens with zero attached hydrogens (tertiary/aromatic N) is 2. The van der Waals surface area contributed by atoms with Gasteiger partial charge >= 0.3 is 0 Å². The Morgan fingerprint density at radius 3 is 2.76 bits per heavy atom. The van der Waals surface area contributed by atoms with Crippen LogP contribution in [0, 0.1) is 0 Å². The summed E-state index contributed by atoms with van der Waals surface area (Å²) in [6.07, 6.45) is 6.68. The molecule has 0 amide bonds. The van der Waals surface area contributed by atoms with Crippen molar-refractivity contribution < 1.29 is 5.11 Å². The molecule has 4 heteroatoms. The van der Waals surface area contributed by atoms with Gasteiger partial charge in [-0.1, -0.05) is 12.1 Å². The second-order valence-corrected chi connectivity index (χ2v) is 4.00. The summed E-state index contributed by atoms with van der Waals surface area (Å²) in [4.78, 5) is 4.00. The molecule has 0 aliphatic rings. The van der Waals surface area contributed by atoms with Gasteiger partial charge in [-0.3, -0.25) is 0 Å². The average Bonchev–Trinajstić information content (AvgIpc) is 2.84. The van der Waals surface area contributed by atoms with Gasteiger partial charge in [0.1, 0.15) is 5.75 Å². The summed E-state index contributed by atoms with van der Waals surface area (Å²) >= 11 is 0. The van der Waals surface area contributed by atoms with Crippen LogP contribution in [0.25, 0.3) is 0 Å². The van der Waals surface area contributed by atoms with Crippen molar-refractivity contribution in [3.8, 4) is 5.75 Å². The first-order valence-electron chi connectivity index (χ1n) is 5.79. The molecule has 1 aromatic carbocycles. The fraction of sp³-hybridized carbons (Fsp3) is 0.308. The summed E-state index contributed by atoms with van der Waals surface area (Å²) in [5, 5.41) is 12.5. The summed E-state index contributed by atoms with van der Waals surface area (Å²) < 4.78 is 2.07. The fourth-order valence-electron chi connectivity index (χ4n) is 1.65. The zero-order chi connectivity index (χ0) is 11.9. The number of hydrogen-bond donors (Lipinski definition) is 2. The van der Waals surface area contributed by atoms with E-state index in [1.165, 1.54) is 5.56 Å². The van der Waals surface area contributed by atoms with Gasteiger partial charge in [0.2, 0.25) is 0 Å². The summed E-state index contributed by atoms with van der Waals surface area (Å²) in [5.41, 5.74) is 1.19. The van der Waals surface area contributed by atoms with Crippen LogP contribution in [0.15, 0.2) is 43.0 Å². The van der Waals surface area contributed by atoms with E-state index in [9.17, 15) is 0 Å². The summed E-state index contributed by atoms with van der Waals surface area (Å²) in [6, 6.07) is 7.28. The van der Waals surface area contributed by atoms with Crippen LogP contribution < -0.4 is 5.32 Å². The number of benzene rings is 1. The van der Waals surface area contributed by atoms with E-state index in [0.29, 0.717) is 5.75 Å². The first kappa shape index (κ1) is 11.7. The lowest BCUT2D eigenvalue weighted by molar-refractivity contribution is 0.475. The molecule has 0 unspecified atom stereocenters. The third-order valence-corrected chi connectivity index (χ3v) is 2.59. The van der Waals surface area contributed by atoms with Gasteiger partial charge in [-0.25, -0.2) is 4.98 Å². The molecular formula is C13H17N3O. The third kappa shape index (κ3) is 3.92. The lowest BCUT2D eigenvalue weighted by atomic mass is 10.2. The van der Waals surface area contributed by atoms with Crippen LogP contribution in [-0.2, 0) is 13.1 Å². The second kappa shape index (κ2) is 6.06. The van der Waals surface area contributed by atoms with Gasteiger partial charge in [-0.05, 0) is 30.7 Å². The Labute approximate surface area is 101 Å². The topological polar surface area (TPSA) is 50.1 Å². The molecular weight excluding hydrogens is 214 g/mol. The molecule has 0 bridgehead atoms. The number of aromatic nitrogens is 2. The van der Waals surface area contributed by atoms with E-state index in [2.05, 4.69) is 14.9 Å². The molecule has 2 N–H and O–H groups in total. The molecule has 0 saturated heterocycles. The van der Waals surface area contributed by atoms with E-state index in [-0.39, 0.29) is 0 Å². The number of rotatable bonds is 6. The first-order valence-corrected chi connectivity index (χ1v) is 5.79. The van der Waals surface area contributed by atoms with E-state index in [1.54, 1.807) is 18.3 Å². The minimum atomic E-state index is 0.314. The second-order valence-electron chi connectivity index (χ2n) is 4.00. The number of phenols is 1. The lowest BCUT2D eigenvalue weighted by Gasteiger charge is -2.05. The Hall–Kier alpha value is -1.81. The Balaban J connectivity index is 1.61. The Bertz CT molecular complexity index is 422. The summed E-state index contributed by atoms with van der Waals surface area (Å²) in [5.74, 6) is 0.314. The van der Waals surface area contributed by atoms with Gasteiger partial charge in [0, 0.05) is 25.5 Å². The van der Waals surface area contributed by atoms with E-state index in [0.717, 1.165) is 26.1 Å². The van der Waals surface area contributed by atoms with Gasteiger partial charge in [0.25, 0.3) is 0 Å². The maximum Gasteiger partial charge on any atom is 0.115 e. The molecule has 2 aromatic rings. The van der Waals surface area contributed by atoms with Crippen LogP contribution >= 0.6 is 0 Å². The highest BCUT2D eigenvalue weighted by atomic mass is 16.3. The van der Waals surface area contributed by atoms with Gasteiger partial charge < -0.3 is 15.0 Å². The van der Waals surface area contributed by atoms with Gasteiger partial charge in [0.15, 0.2) is 0 Å². The Morgan fingerprint density at radius 2 is 2.06 bits per heavy atom. The van der Waals surface area contributed by atoms with Crippen molar-refractivity contribution >= 4 is 0 Å². The van der Waals surface area contributed by atoms with E-state index in [1.807, 2.05) is 24.7 Å². The predicted octanol–water partition coefficient (Wildman–Crippen LogP) is 1.77. The largest absolute Gasteiger partial charge is 0.508 e. The van der Waals surface area contributed by atoms with Gasteiger partial charge in [-0.2, -0.15) is 0 Å². The highest BCUT2D eigenvalue weighted by Crippen LogP contribution is 2.08. The van der Waals surface area contributed by atoms with E-state index < -0.39 is 0 Å². The minimum Gasteiger partial charge on any atom is -0.508 e. The molecule has 1 aromatic heterocycles. The van der Waals surface area contributed by atoms with Gasteiger partial charge in [0.05, 0.1) is 6.33 Å². The standard InChI is InChI=1S/C13H17N3O/c17-13-4-2-12(3-5-13)10-14-6-1-8-16-9-7-15-11-16/h2-5,7,9,11,14,17H,1,6,8,10H2. The average molecular weight is 231 g/mol. The number of nitrogens with one attached hydrogen (secondary N) is 1. The molecule has 4 nitrogen and oxygen atoms in total. The normalized spacial score (nSPS) is 10.6. The van der Waals surface area contributed by atoms with Crippen molar-refractivity contribution in [2.45, 2.75) is 19.5 Å². The lowest BCUT2D eigenvalue weighted by Crippen LogP contribution is -2.16. The first-order chi connectivity index (χ1) is 8.34. The molecule has 0 aliphatic carbocycles. The summed E-state index contributed by atoms with van der Waals surface area (Å²) in [6.45, 7) is 2.80. The molecule has 0 saturated carbocycles. The zero-order valence-corrected chi connectivity index (χ0v) is 9.71. The van der Waals surface area contributed by atoms with Crippen LogP contribution in [-0.4, -0.2) is 21.2 Å². The number of phenolic OH excluding ortho intramolecular Hbond substituents is 1. The number of hydrogen-bond acceptors (Lipinski definition) is 3. The smallest absolute Gasteiger partial charge is 0.115 e. The summed E-state index contributed by atoms with van der Waals surface area (Å²) in [7, 11) is 0. The molecule has 0 radical (unpaired) electrons. The predicted molar refractivity (Wildman–Crippen MR) is 66.7 cm³/mol. The monoisotopic (exact) mass is 231 g/mol. The number of aryl methyl sites for hydroxylation is 1. The molecule has 0 atom stereocenters. The third-order valence-electron chi connectivity index (χ3n) is 2.59. The zero-order valence-electron chi connectivity index (χ0n) is 9.71. The van der Waals surface area contributed by atoms with Crippen molar-refractivity contribution in [1.29, 1.82) is 0 Å². The number of aromatic hydroxyl groups is 1. The Kier molecular flexibility index (Phi) is 4.16. The fourth-order valence-corrected chi connectivity index (χ4v) is 1.65. The molecule has 17 heavy (non-hydrogen) atoms. The molecule has 0 aliphatic heterocycles. The Morgan fingerprint density at radius 1 is 1.24 bits per heavy atom. The maximum absolute atomic E-state index is 9.14. The van der Waals surface area contributed by atoms with Crippen LogP contribution in [0.3, 0.4) is 0 Å². The highest BCUT2D eigenvalue weighted by Gasteiger charge is 1.94. The van der Waals surface area contributed by atoms with Gasteiger partial charge in [-0.15, -0.1) is 0 Å². The molecule has 90 valence electrons. The number of imidazole rings is 1. The molecule has 0 fully saturated rings. The van der Waals surface area contributed by atoms with Crippen molar-refractivity contribution in [2.75, 3.05) is 6.54 Å². The minimum absolute atomic E-state index is 0.314. The van der Waals surface area contributed by atoms with E-state index >= 15 is 0 Å². The van der Waals surface area contributed by atoms with Crippen molar-refractivity contribution in [3.05, 3.63) is 48.5 Å². The SMILES string of the molecule is Oc1ccc(CNCCCn2ccnc2)cc1. The van der Waals surface area contributed by atoms with Crippen molar-refractivity contribution in [3.63, 3.8) is 0 Å². The van der Waals surface area contributed by atoms with Crippen molar-refractivity contribution in [1.82, 2.24) is 14.9 Å². The highest BCUT2D eigenvalue weighted by molar-refractivity contribution is 5.25. The van der Waals surface area contributed by atoms with E-state index in [4.69, 9.17) is 5.11 Å².